The molecule has 1 heteroatoms. The lowest BCUT2D eigenvalue weighted by atomic mass is 10.1. The molecule has 1 aromatic rings. The van der Waals surface area contributed by atoms with Crippen LogP contribution in [0.3, 0.4) is 0 Å². The first kappa shape index (κ1) is 8.85. The molecule has 0 saturated heterocycles. The molecule has 0 spiro atoms. The van der Waals surface area contributed by atoms with Gasteiger partial charge in [-0.1, -0.05) is 18.2 Å². The maximum Gasteiger partial charge on any atom is 0.0314 e. The predicted molar refractivity (Wildman–Crippen MR) is 54.0 cm³/mol. The Labute approximate surface area is 73.9 Å². The summed E-state index contributed by atoms with van der Waals surface area (Å²) in [5.74, 6) is 0. The van der Waals surface area contributed by atoms with Gasteiger partial charge in [0.25, 0.3) is 0 Å². The Balaban J connectivity index is 2.42. The van der Waals surface area contributed by atoms with Crippen LogP contribution in [0, 0.1) is 0 Å². The number of nitrogens with two attached hydrogens (primary N) is 1. The lowest BCUT2D eigenvalue weighted by Crippen LogP contribution is -1.87. The summed E-state index contributed by atoms with van der Waals surface area (Å²) in [5.41, 5.74) is 7.75. The van der Waals surface area contributed by atoms with E-state index in [0.717, 1.165) is 18.5 Å². The van der Waals surface area contributed by atoms with E-state index in [0.29, 0.717) is 0 Å². The van der Waals surface area contributed by atoms with Crippen molar-refractivity contribution < 1.29 is 0 Å². The van der Waals surface area contributed by atoms with Gasteiger partial charge < -0.3 is 5.73 Å². The number of aryl methyl sites for hydroxylation is 1. The highest BCUT2D eigenvalue weighted by molar-refractivity contribution is 5.39. The van der Waals surface area contributed by atoms with Crippen LogP contribution in [0.1, 0.15) is 18.4 Å². The van der Waals surface area contributed by atoms with Crippen LogP contribution in [0.4, 0.5) is 5.69 Å². The van der Waals surface area contributed by atoms with E-state index in [4.69, 9.17) is 5.73 Å². The number of unbranched alkanes of at least 4 members (excludes halogenated alkanes) is 1. The molecule has 0 aliphatic carbocycles. The maximum atomic E-state index is 5.57. The fraction of sp³-hybridized carbons (Fsp3) is 0.273. The molecule has 0 unspecified atom stereocenters. The second kappa shape index (κ2) is 4.60. The highest BCUT2D eigenvalue weighted by atomic mass is 14.5. The zero-order valence-corrected chi connectivity index (χ0v) is 7.29. The summed E-state index contributed by atoms with van der Waals surface area (Å²) in [6.07, 6.45) is 5.33. The predicted octanol–water partition coefficient (Wildman–Crippen LogP) is 2.78. The summed E-state index contributed by atoms with van der Waals surface area (Å²) >= 11 is 0. The molecule has 0 radical (unpaired) electrons. The van der Waals surface area contributed by atoms with Crippen molar-refractivity contribution in [2.75, 3.05) is 5.73 Å². The standard InChI is InChI=1S/C11H15N/c1-2-3-4-5-10-6-8-11(12)9-7-10/h2,6-9H,1,3-5,12H2. The fourth-order valence-corrected chi connectivity index (χ4v) is 1.13. The SMILES string of the molecule is C=CCCCc1ccc(N)cc1. The molecule has 12 heavy (non-hydrogen) atoms. The van der Waals surface area contributed by atoms with Gasteiger partial charge in [0.2, 0.25) is 0 Å². The Morgan fingerprint density at radius 1 is 1.25 bits per heavy atom. The zero-order valence-electron chi connectivity index (χ0n) is 7.29. The molecular formula is C11H15N. The van der Waals surface area contributed by atoms with Crippen molar-refractivity contribution in [2.24, 2.45) is 0 Å². The molecule has 0 heterocycles. The molecular weight excluding hydrogens is 146 g/mol. The normalized spacial score (nSPS) is 9.67. The van der Waals surface area contributed by atoms with Crippen molar-refractivity contribution in [3.63, 3.8) is 0 Å². The van der Waals surface area contributed by atoms with E-state index in [1.165, 1.54) is 12.0 Å². The van der Waals surface area contributed by atoms with Crippen LogP contribution >= 0.6 is 0 Å². The first-order valence-corrected chi connectivity index (χ1v) is 4.28. The lowest BCUT2D eigenvalue weighted by molar-refractivity contribution is 0.844. The van der Waals surface area contributed by atoms with Crippen molar-refractivity contribution in [3.8, 4) is 0 Å². The summed E-state index contributed by atoms with van der Waals surface area (Å²) in [7, 11) is 0. The third-order valence-corrected chi connectivity index (χ3v) is 1.85. The van der Waals surface area contributed by atoms with E-state index >= 15 is 0 Å². The highest BCUT2D eigenvalue weighted by Crippen LogP contribution is 2.08. The van der Waals surface area contributed by atoms with Gasteiger partial charge in [-0.25, -0.2) is 0 Å². The lowest BCUT2D eigenvalue weighted by Gasteiger charge is -1.99. The second-order valence-corrected chi connectivity index (χ2v) is 2.92. The Morgan fingerprint density at radius 3 is 2.50 bits per heavy atom. The molecule has 0 bridgehead atoms. The number of anilines is 1. The molecule has 2 N–H and O–H groups in total. The first-order valence-electron chi connectivity index (χ1n) is 4.28. The number of allylic oxidation sites excluding steroid dienone is 1. The molecule has 0 aliphatic heterocycles. The number of hydrogen-bond acceptors (Lipinski definition) is 1. The molecule has 64 valence electrons. The molecule has 0 aliphatic rings. The van der Waals surface area contributed by atoms with Crippen molar-refractivity contribution in [1.29, 1.82) is 0 Å². The number of benzene rings is 1. The van der Waals surface area contributed by atoms with Crippen molar-refractivity contribution in [2.45, 2.75) is 19.3 Å². The second-order valence-electron chi connectivity index (χ2n) is 2.92. The van der Waals surface area contributed by atoms with Crippen LogP contribution in [0.2, 0.25) is 0 Å². The largest absolute Gasteiger partial charge is 0.399 e. The zero-order chi connectivity index (χ0) is 8.81. The van der Waals surface area contributed by atoms with Gasteiger partial charge in [0.15, 0.2) is 0 Å². The van der Waals surface area contributed by atoms with Gasteiger partial charge in [-0.3, -0.25) is 0 Å². The third-order valence-electron chi connectivity index (χ3n) is 1.85. The molecule has 0 saturated carbocycles. The van der Waals surface area contributed by atoms with Crippen LogP contribution in [0.15, 0.2) is 36.9 Å². The Kier molecular flexibility index (Phi) is 3.39. The van der Waals surface area contributed by atoms with Gasteiger partial charge in [-0.15, -0.1) is 6.58 Å². The van der Waals surface area contributed by atoms with Gasteiger partial charge >= 0.3 is 0 Å². The van der Waals surface area contributed by atoms with E-state index in [1.807, 2.05) is 18.2 Å². The summed E-state index contributed by atoms with van der Waals surface area (Å²) in [6, 6.07) is 8.06. The molecule has 1 nitrogen and oxygen atoms in total. The molecule has 0 atom stereocenters. The summed E-state index contributed by atoms with van der Waals surface area (Å²) in [4.78, 5) is 0. The van der Waals surface area contributed by atoms with E-state index in [9.17, 15) is 0 Å². The monoisotopic (exact) mass is 161 g/mol. The van der Waals surface area contributed by atoms with Crippen LogP contribution in [-0.2, 0) is 6.42 Å². The Morgan fingerprint density at radius 2 is 1.92 bits per heavy atom. The molecule has 1 aromatic carbocycles. The van der Waals surface area contributed by atoms with Crippen LogP contribution in [-0.4, -0.2) is 0 Å². The molecule has 1 rings (SSSR count). The quantitative estimate of drug-likeness (QED) is 0.410. The smallest absolute Gasteiger partial charge is 0.0314 e. The number of nitrogen functional groups attached to an aromatic ring is 1. The fourth-order valence-electron chi connectivity index (χ4n) is 1.13. The minimum Gasteiger partial charge on any atom is -0.399 e. The molecule has 0 amide bonds. The van der Waals surface area contributed by atoms with Crippen molar-refractivity contribution >= 4 is 5.69 Å². The van der Waals surface area contributed by atoms with E-state index < -0.39 is 0 Å². The van der Waals surface area contributed by atoms with E-state index in [2.05, 4.69) is 18.7 Å². The minimum atomic E-state index is 0.836. The maximum absolute atomic E-state index is 5.57. The first-order chi connectivity index (χ1) is 5.83. The van der Waals surface area contributed by atoms with Crippen LogP contribution in [0.5, 0.6) is 0 Å². The summed E-state index contributed by atoms with van der Waals surface area (Å²) in [6.45, 7) is 3.69. The number of hydrogen-bond donors (Lipinski definition) is 1. The third kappa shape index (κ3) is 2.79. The van der Waals surface area contributed by atoms with Gasteiger partial charge in [-0.05, 0) is 37.0 Å². The van der Waals surface area contributed by atoms with Crippen LogP contribution < -0.4 is 5.73 Å². The van der Waals surface area contributed by atoms with E-state index in [1.54, 1.807) is 0 Å². The highest BCUT2D eigenvalue weighted by Gasteiger charge is 1.90. The van der Waals surface area contributed by atoms with Crippen molar-refractivity contribution in [3.05, 3.63) is 42.5 Å². The average Bonchev–Trinajstić information content (AvgIpc) is 2.09. The number of rotatable bonds is 4. The van der Waals surface area contributed by atoms with Crippen molar-refractivity contribution in [1.82, 2.24) is 0 Å². The van der Waals surface area contributed by atoms with Gasteiger partial charge in [0.05, 0.1) is 0 Å². The minimum absolute atomic E-state index is 0.836. The van der Waals surface area contributed by atoms with Gasteiger partial charge in [0.1, 0.15) is 0 Å². The molecule has 0 aromatic heterocycles. The van der Waals surface area contributed by atoms with E-state index in [-0.39, 0.29) is 0 Å². The van der Waals surface area contributed by atoms with Gasteiger partial charge in [0, 0.05) is 5.69 Å². The molecule has 0 fully saturated rings. The Bertz CT molecular complexity index is 236. The summed E-state index contributed by atoms with van der Waals surface area (Å²) < 4.78 is 0. The average molecular weight is 161 g/mol. The van der Waals surface area contributed by atoms with Gasteiger partial charge in [-0.2, -0.15) is 0 Å². The Hall–Kier alpha value is -1.24. The summed E-state index contributed by atoms with van der Waals surface area (Å²) in [5, 5.41) is 0. The topological polar surface area (TPSA) is 26.0 Å². The van der Waals surface area contributed by atoms with Crippen LogP contribution in [0.25, 0.3) is 0 Å².